The van der Waals surface area contributed by atoms with Gasteiger partial charge >= 0.3 is 0 Å². The van der Waals surface area contributed by atoms with E-state index < -0.39 is 0 Å². The van der Waals surface area contributed by atoms with Crippen molar-refractivity contribution in [1.82, 2.24) is 5.32 Å². The number of hydrogen-bond acceptors (Lipinski definition) is 2. The Morgan fingerprint density at radius 2 is 2.00 bits per heavy atom. The van der Waals surface area contributed by atoms with Crippen LogP contribution >= 0.6 is 0 Å². The van der Waals surface area contributed by atoms with Crippen molar-refractivity contribution >= 4 is 16.9 Å². The van der Waals surface area contributed by atoms with Crippen LogP contribution in [0.3, 0.4) is 0 Å². The molecule has 4 nitrogen and oxygen atoms in total. The Kier molecular flexibility index (Phi) is 4.48. The molecular formula is C18H25N2O2+. The zero-order chi connectivity index (χ0) is 15.5. The van der Waals surface area contributed by atoms with Gasteiger partial charge in [-0.3, -0.25) is 4.79 Å². The van der Waals surface area contributed by atoms with Gasteiger partial charge in [0.2, 0.25) is 0 Å². The first-order chi connectivity index (χ1) is 10.6. The van der Waals surface area contributed by atoms with Crippen LogP contribution < -0.4 is 10.2 Å². The second-order valence-corrected chi connectivity index (χ2v) is 6.44. The Labute approximate surface area is 131 Å². The molecule has 0 bridgehead atoms. The van der Waals surface area contributed by atoms with E-state index in [0.717, 1.165) is 23.1 Å². The summed E-state index contributed by atoms with van der Waals surface area (Å²) >= 11 is 0. The minimum atomic E-state index is -0.0994. The van der Waals surface area contributed by atoms with Crippen molar-refractivity contribution in [1.29, 1.82) is 0 Å². The first-order valence-corrected chi connectivity index (χ1v) is 8.27. The number of piperidine rings is 1. The molecule has 0 saturated carbocycles. The van der Waals surface area contributed by atoms with Gasteiger partial charge in [-0.05, 0) is 39.2 Å². The molecule has 1 saturated heterocycles. The minimum absolute atomic E-state index is 0.0994. The van der Waals surface area contributed by atoms with Crippen molar-refractivity contribution in [3.63, 3.8) is 0 Å². The fourth-order valence-electron chi connectivity index (χ4n) is 3.42. The highest BCUT2D eigenvalue weighted by atomic mass is 16.3. The summed E-state index contributed by atoms with van der Waals surface area (Å²) in [6.07, 6.45) is 3.96. The van der Waals surface area contributed by atoms with Gasteiger partial charge in [0.15, 0.2) is 5.76 Å². The highest BCUT2D eigenvalue weighted by Crippen LogP contribution is 2.24. The first-order valence-electron chi connectivity index (χ1n) is 8.27. The van der Waals surface area contributed by atoms with Crippen LogP contribution in [0.1, 0.15) is 42.3 Å². The summed E-state index contributed by atoms with van der Waals surface area (Å²) in [4.78, 5) is 14.1. The topological polar surface area (TPSA) is 46.7 Å². The molecule has 1 aromatic heterocycles. The fourth-order valence-corrected chi connectivity index (χ4v) is 3.42. The van der Waals surface area contributed by atoms with E-state index in [1.807, 2.05) is 31.2 Å². The average molecular weight is 301 g/mol. The van der Waals surface area contributed by atoms with E-state index >= 15 is 0 Å². The number of likely N-dealkylation sites (tertiary alicyclic amines) is 1. The zero-order valence-corrected chi connectivity index (χ0v) is 13.4. The second-order valence-electron chi connectivity index (χ2n) is 6.44. The van der Waals surface area contributed by atoms with Crippen LogP contribution in [-0.2, 0) is 0 Å². The van der Waals surface area contributed by atoms with Crippen molar-refractivity contribution in [2.75, 3.05) is 19.6 Å². The van der Waals surface area contributed by atoms with Gasteiger partial charge in [-0.2, -0.15) is 0 Å². The molecule has 1 aliphatic heterocycles. The van der Waals surface area contributed by atoms with Gasteiger partial charge in [-0.15, -0.1) is 0 Å². The van der Waals surface area contributed by atoms with Crippen LogP contribution in [0.5, 0.6) is 0 Å². The minimum Gasteiger partial charge on any atom is -0.451 e. The number of carbonyl (C=O) groups excluding carboxylic acids is 1. The third-order valence-electron chi connectivity index (χ3n) is 4.58. The number of carbonyl (C=O) groups is 1. The molecule has 2 aromatic rings. The lowest BCUT2D eigenvalue weighted by molar-refractivity contribution is -0.905. The molecule has 0 aliphatic carbocycles. The summed E-state index contributed by atoms with van der Waals surface area (Å²) in [7, 11) is 0. The highest BCUT2D eigenvalue weighted by Gasteiger charge is 2.22. The molecule has 1 fully saturated rings. The predicted molar refractivity (Wildman–Crippen MR) is 87.3 cm³/mol. The largest absolute Gasteiger partial charge is 0.451 e. The fraction of sp³-hybridized carbons (Fsp3) is 0.500. The highest BCUT2D eigenvalue weighted by molar-refractivity contribution is 5.98. The van der Waals surface area contributed by atoms with E-state index in [0.29, 0.717) is 5.76 Å². The quantitative estimate of drug-likeness (QED) is 0.906. The molecule has 0 unspecified atom stereocenters. The van der Waals surface area contributed by atoms with Crippen LogP contribution in [0.15, 0.2) is 28.7 Å². The van der Waals surface area contributed by atoms with Gasteiger partial charge < -0.3 is 14.6 Å². The molecule has 22 heavy (non-hydrogen) atoms. The third-order valence-corrected chi connectivity index (χ3v) is 4.58. The maximum atomic E-state index is 12.5. The molecular weight excluding hydrogens is 276 g/mol. The van der Waals surface area contributed by atoms with Gasteiger partial charge in [-0.1, -0.05) is 18.2 Å². The monoisotopic (exact) mass is 301 g/mol. The Hall–Kier alpha value is -1.81. The summed E-state index contributed by atoms with van der Waals surface area (Å²) in [5.41, 5.74) is 1.70. The summed E-state index contributed by atoms with van der Waals surface area (Å²) in [6.45, 7) is 7.47. The molecule has 118 valence electrons. The van der Waals surface area contributed by atoms with Crippen molar-refractivity contribution in [3.8, 4) is 0 Å². The number of amides is 1. The summed E-state index contributed by atoms with van der Waals surface area (Å²) in [5.74, 6) is 0.347. The average Bonchev–Trinajstić information content (AvgIpc) is 2.86. The molecule has 0 spiro atoms. The van der Waals surface area contributed by atoms with E-state index in [2.05, 4.69) is 12.2 Å². The Balaban J connectivity index is 1.66. The number of nitrogens with one attached hydrogen (secondary N) is 2. The van der Waals surface area contributed by atoms with Crippen LogP contribution in [0.4, 0.5) is 0 Å². The molecule has 1 aromatic carbocycles. The van der Waals surface area contributed by atoms with Crippen molar-refractivity contribution in [3.05, 3.63) is 35.6 Å². The standard InChI is InChI=1S/C18H24N2O2/c1-13(12-20-10-6-3-7-11-20)19-18(21)17-14(2)15-8-4-5-9-16(15)22-17/h4-5,8-9,13H,3,6-7,10-12H2,1-2H3,(H,19,21)/p+1/t13-/m0/s1. The Morgan fingerprint density at radius 3 is 2.73 bits per heavy atom. The predicted octanol–water partition coefficient (Wildman–Crippen LogP) is 1.93. The lowest BCUT2D eigenvalue weighted by Crippen LogP contribution is -3.14. The molecule has 3 rings (SSSR count). The Morgan fingerprint density at radius 1 is 1.27 bits per heavy atom. The van der Waals surface area contributed by atoms with E-state index in [1.54, 1.807) is 4.90 Å². The number of benzene rings is 1. The lowest BCUT2D eigenvalue weighted by Gasteiger charge is -2.26. The van der Waals surface area contributed by atoms with Crippen LogP contribution in [0.25, 0.3) is 11.0 Å². The van der Waals surface area contributed by atoms with Gasteiger partial charge in [0.05, 0.1) is 25.7 Å². The van der Waals surface area contributed by atoms with E-state index in [-0.39, 0.29) is 11.9 Å². The number of furan rings is 1. The van der Waals surface area contributed by atoms with E-state index in [9.17, 15) is 4.79 Å². The zero-order valence-electron chi connectivity index (χ0n) is 13.4. The molecule has 0 radical (unpaired) electrons. The molecule has 1 amide bonds. The van der Waals surface area contributed by atoms with Crippen molar-refractivity contribution in [2.24, 2.45) is 0 Å². The first kappa shape index (κ1) is 15.1. The van der Waals surface area contributed by atoms with E-state index in [1.165, 1.54) is 32.4 Å². The normalized spacial score (nSPS) is 17.5. The lowest BCUT2D eigenvalue weighted by atomic mass is 10.1. The van der Waals surface area contributed by atoms with Crippen LogP contribution in [-0.4, -0.2) is 31.6 Å². The number of hydrogen-bond donors (Lipinski definition) is 2. The van der Waals surface area contributed by atoms with Crippen LogP contribution in [0.2, 0.25) is 0 Å². The SMILES string of the molecule is Cc1c(C(=O)N[C@@H](C)C[NH+]2CCCCC2)oc2ccccc12. The van der Waals surface area contributed by atoms with Gasteiger partial charge in [0.1, 0.15) is 5.58 Å². The van der Waals surface area contributed by atoms with Gasteiger partial charge in [0, 0.05) is 10.9 Å². The van der Waals surface area contributed by atoms with Crippen LogP contribution in [0, 0.1) is 6.92 Å². The van der Waals surface area contributed by atoms with E-state index in [4.69, 9.17) is 4.42 Å². The summed E-state index contributed by atoms with van der Waals surface area (Å²) in [5, 5.41) is 4.11. The number of aryl methyl sites for hydroxylation is 1. The second kappa shape index (κ2) is 6.53. The number of fused-ring (bicyclic) bond motifs is 1. The summed E-state index contributed by atoms with van der Waals surface area (Å²) < 4.78 is 5.73. The van der Waals surface area contributed by atoms with Gasteiger partial charge in [-0.25, -0.2) is 0 Å². The number of quaternary nitrogens is 1. The van der Waals surface area contributed by atoms with Gasteiger partial charge in [0.25, 0.3) is 5.91 Å². The summed E-state index contributed by atoms with van der Waals surface area (Å²) in [6, 6.07) is 7.95. The van der Waals surface area contributed by atoms with Crippen molar-refractivity contribution < 1.29 is 14.1 Å². The Bertz CT molecular complexity index is 656. The van der Waals surface area contributed by atoms with Crippen molar-refractivity contribution in [2.45, 2.75) is 39.2 Å². The molecule has 2 N–H and O–H groups in total. The maximum absolute atomic E-state index is 12.5. The number of para-hydroxylation sites is 1. The number of rotatable bonds is 4. The smallest absolute Gasteiger partial charge is 0.287 e. The molecule has 4 heteroatoms. The molecule has 2 heterocycles. The maximum Gasteiger partial charge on any atom is 0.287 e. The molecule has 1 atom stereocenters. The third kappa shape index (κ3) is 3.17. The molecule has 1 aliphatic rings.